The van der Waals surface area contributed by atoms with Crippen LogP contribution in [0.2, 0.25) is 0 Å². The number of aromatic hydroxyl groups is 2. The van der Waals surface area contributed by atoms with Crippen molar-refractivity contribution in [1.29, 1.82) is 0 Å². The first-order chi connectivity index (χ1) is 19.0. The molecule has 5 rings (SSSR count). The maximum atomic E-state index is 11.7. The smallest absolute Gasteiger partial charge is 0.335 e. The van der Waals surface area contributed by atoms with E-state index in [2.05, 4.69) is 4.98 Å². The van der Waals surface area contributed by atoms with Crippen LogP contribution in [0.1, 0.15) is 52.7 Å². The predicted molar refractivity (Wildman–Crippen MR) is 146 cm³/mol. The van der Waals surface area contributed by atoms with Crippen molar-refractivity contribution in [2.75, 3.05) is 20.3 Å². The molecule has 8 nitrogen and oxygen atoms in total. The highest BCUT2D eigenvalue weighted by atomic mass is 16.5. The SMILES string of the molecule is COc1c(O)c(C(Cc2ccccc2)c2cc[n-]c2)c2c(c1OCCCO)C(=[OH+])CC(c1ccc(O)cc1)O2. The number of phenolic OH excluding ortho intramolecular Hbond substituents is 2. The van der Waals surface area contributed by atoms with Crippen LogP contribution >= 0.6 is 0 Å². The summed E-state index contributed by atoms with van der Waals surface area (Å²) in [4.78, 5) is 15.7. The topological polar surface area (TPSA) is 124 Å². The van der Waals surface area contributed by atoms with Gasteiger partial charge in [0.1, 0.15) is 24.0 Å². The summed E-state index contributed by atoms with van der Waals surface area (Å²) in [6.07, 6.45) is 3.89. The van der Waals surface area contributed by atoms with Crippen molar-refractivity contribution >= 4 is 5.78 Å². The van der Waals surface area contributed by atoms with Crippen LogP contribution < -0.4 is 19.2 Å². The molecule has 0 bridgehead atoms. The number of benzene rings is 3. The van der Waals surface area contributed by atoms with Crippen molar-refractivity contribution in [1.82, 2.24) is 4.98 Å². The monoisotopic (exact) mass is 529 g/mol. The Morgan fingerprint density at radius 2 is 1.82 bits per heavy atom. The number of methoxy groups -OCH3 is 1. The maximum Gasteiger partial charge on any atom is 0.335 e. The molecule has 0 spiro atoms. The van der Waals surface area contributed by atoms with E-state index in [1.54, 1.807) is 36.7 Å². The van der Waals surface area contributed by atoms with Crippen LogP contribution in [0, 0.1) is 0 Å². The summed E-state index contributed by atoms with van der Waals surface area (Å²) >= 11 is 0. The van der Waals surface area contributed by atoms with Gasteiger partial charge in [-0.2, -0.15) is 12.4 Å². The van der Waals surface area contributed by atoms with Gasteiger partial charge >= 0.3 is 5.78 Å². The number of hydrogen-bond acceptors (Lipinski definition) is 6. The van der Waals surface area contributed by atoms with E-state index < -0.39 is 12.0 Å². The third kappa shape index (κ3) is 5.28. The van der Waals surface area contributed by atoms with E-state index in [0.29, 0.717) is 24.0 Å². The molecule has 0 saturated heterocycles. The molecule has 39 heavy (non-hydrogen) atoms. The molecule has 202 valence electrons. The molecule has 3 aromatic carbocycles. The number of carbonyl (C=O) groups excluding carboxylic acids is 1. The van der Waals surface area contributed by atoms with Gasteiger partial charge in [0.05, 0.1) is 13.7 Å². The Kier molecular flexibility index (Phi) is 7.74. The highest BCUT2D eigenvalue weighted by Crippen LogP contribution is 2.55. The second kappa shape index (κ2) is 11.5. The fourth-order valence-corrected chi connectivity index (χ4v) is 5.04. The van der Waals surface area contributed by atoms with E-state index in [1.807, 2.05) is 36.4 Å². The number of aliphatic hydroxyl groups is 1. The minimum Gasteiger partial charge on any atom is -0.670 e. The predicted octanol–water partition coefficient (Wildman–Crippen LogP) is 4.62. The van der Waals surface area contributed by atoms with Crippen LogP contribution in [0.4, 0.5) is 0 Å². The molecule has 2 unspecified atom stereocenters. The first-order valence-corrected chi connectivity index (χ1v) is 12.8. The first kappa shape index (κ1) is 26.2. The molecule has 8 heteroatoms. The molecule has 2 heterocycles. The summed E-state index contributed by atoms with van der Waals surface area (Å²) in [5, 5.41) is 30.8. The van der Waals surface area contributed by atoms with Crippen LogP contribution in [0.3, 0.4) is 0 Å². The summed E-state index contributed by atoms with van der Waals surface area (Å²) in [5.74, 6) is 0.119. The van der Waals surface area contributed by atoms with Gasteiger partial charge in [-0.15, -0.1) is 0 Å². The molecule has 0 aliphatic carbocycles. The van der Waals surface area contributed by atoms with Gasteiger partial charge < -0.3 is 34.5 Å². The summed E-state index contributed by atoms with van der Waals surface area (Å²) < 4.78 is 18.2. The highest BCUT2D eigenvalue weighted by molar-refractivity contribution is 6.05. The number of ether oxygens (including phenoxy) is 3. The number of hydrogen-bond donors (Lipinski definition) is 3. The standard InChI is InChI=1S/C31H30NO7/c1-37-31-28(36)26(23(21-12-13-32-18-21)16-19-6-3-2-4-7-19)29-27(30(31)38-15-5-14-33)24(35)17-25(39-29)20-8-10-22(34)11-9-20/h2-4,6-13,18,23,25,33-34H,5,14-17H2,1H3,(H,35,36)/q-1/p+1. The lowest BCUT2D eigenvalue weighted by Gasteiger charge is -2.31. The number of aromatic nitrogens is 1. The molecule has 0 amide bonds. The van der Waals surface area contributed by atoms with Crippen molar-refractivity contribution in [3.8, 4) is 28.7 Å². The average molecular weight is 530 g/mol. The largest absolute Gasteiger partial charge is 0.670 e. The van der Waals surface area contributed by atoms with Crippen molar-refractivity contribution in [3.05, 3.63) is 101 Å². The first-order valence-electron chi connectivity index (χ1n) is 12.8. The number of ketones is 1. The van der Waals surface area contributed by atoms with Gasteiger partial charge in [0.25, 0.3) is 0 Å². The molecule has 0 fully saturated rings. The zero-order chi connectivity index (χ0) is 27.4. The fraction of sp³-hybridized carbons (Fsp3) is 0.258. The molecule has 1 aromatic heterocycles. The number of phenols is 2. The summed E-state index contributed by atoms with van der Waals surface area (Å²) in [6.45, 7) is 0.0693. The van der Waals surface area contributed by atoms with Crippen LogP contribution in [-0.4, -0.2) is 46.2 Å². The second-order valence-electron chi connectivity index (χ2n) is 9.44. The van der Waals surface area contributed by atoms with E-state index in [-0.39, 0.29) is 54.2 Å². The lowest BCUT2D eigenvalue weighted by atomic mass is 9.82. The van der Waals surface area contributed by atoms with Gasteiger partial charge in [0.2, 0.25) is 5.75 Å². The van der Waals surface area contributed by atoms with E-state index in [4.69, 9.17) is 14.2 Å². The molecule has 1 aliphatic heterocycles. The zero-order valence-corrected chi connectivity index (χ0v) is 21.6. The quantitative estimate of drug-likeness (QED) is 0.202. The molecule has 4 N–H and O–H groups in total. The van der Waals surface area contributed by atoms with Gasteiger partial charge in [-0.3, -0.25) is 4.79 Å². The Morgan fingerprint density at radius 1 is 1.05 bits per heavy atom. The highest BCUT2D eigenvalue weighted by Gasteiger charge is 2.42. The zero-order valence-electron chi connectivity index (χ0n) is 21.6. The van der Waals surface area contributed by atoms with Gasteiger partial charge in [0.15, 0.2) is 17.1 Å². The number of rotatable bonds is 10. The summed E-state index contributed by atoms with van der Waals surface area (Å²) in [7, 11) is 1.43. The number of nitrogens with zero attached hydrogens (tertiary/aromatic N) is 1. The molecule has 0 saturated carbocycles. The molecule has 4 aromatic rings. The minimum atomic E-state index is -0.579. The molecular formula is C31H31NO7. The second-order valence-corrected chi connectivity index (χ2v) is 9.44. The van der Waals surface area contributed by atoms with Crippen molar-refractivity contribution in [3.63, 3.8) is 0 Å². The Morgan fingerprint density at radius 3 is 2.49 bits per heavy atom. The normalized spacial score (nSPS) is 15.3. The molecule has 1 aliphatic rings. The van der Waals surface area contributed by atoms with Crippen molar-refractivity contribution in [2.45, 2.75) is 31.3 Å². The molecule has 0 radical (unpaired) electrons. The van der Waals surface area contributed by atoms with E-state index in [1.165, 1.54) is 7.11 Å². The van der Waals surface area contributed by atoms with E-state index in [9.17, 15) is 20.1 Å². The van der Waals surface area contributed by atoms with Crippen LogP contribution in [-0.2, 0) is 6.42 Å². The van der Waals surface area contributed by atoms with Gasteiger partial charge in [-0.1, -0.05) is 54.1 Å². The maximum absolute atomic E-state index is 11.7. The van der Waals surface area contributed by atoms with E-state index in [0.717, 1.165) is 16.7 Å². The lowest BCUT2D eigenvalue weighted by Crippen LogP contribution is -2.24. The Hall–Kier alpha value is -4.43. The fourth-order valence-electron chi connectivity index (χ4n) is 5.04. The lowest BCUT2D eigenvalue weighted by molar-refractivity contribution is 0.191. The Balaban J connectivity index is 1.72. The van der Waals surface area contributed by atoms with Gasteiger partial charge in [-0.25, -0.2) is 0 Å². The van der Waals surface area contributed by atoms with Gasteiger partial charge in [0, 0.05) is 24.5 Å². The third-order valence-electron chi connectivity index (χ3n) is 6.93. The number of aliphatic hydroxyl groups excluding tert-OH is 1. The van der Waals surface area contributed by atoms with Crippen molar-refractivity contribution in [2.24, 2.45) is 0 Å². The van der Waals surface area contributed by atoms with E-state index >= 15 is 0 Å². The Labute approximate surface area is 226 Å². The van der Waals surface area contributed by atoms with Gasteiger partial charge in [-0.05, 0) is 29.7 Å². The van der Waals surface area contributed by atoms with Crippen LogP contribution in [0.5, 0.6) is 28.7 Å². The summed E-state index contributed by atoms with van der Waals surface area (Å²) in [6, 6.07) is 18.4. The average Bonchev–Trinajstić information content (AvgIpc) is 3.48. The third-order valence-corrected chi connectivity index (χ3v) is 6.93. The van der Waals surface area contributed by atoms with Crippen LogP contribution in [0.15, 0.2) is 73.1 Å². The summed E-state index contributed by atoms with van der Waals surface area (Å²) in [5.41, 5.74) is 3.41. The van der Waals surface area contributed by atoms with Crippen LogP contribution in [0.25, 0.3) is 0 Å². The minimum absolute atomic E-state index is 0.0203. The Bertz CT molecular complexity index is 1420. The van der Waals surface area contributed by atoms with Crippen molar-refractivity contribution < 1.29 is 34.3 Å². The molecular weight excluding hydrogens is 498 g/mol. The number of fused-ring (bicyclic) bond motifs is 1. The molecule has 2 atom stereocenters.